The second kappa shape index (κ2) is 7.38. The summed E-state index contributed by atoms with van der Waals surface area (Å²) in [6.45, 7) is 10.3. The van der Waals surface area contributed by atoms with Gasteiger partial charge in [0.2, 0.25) is 11.8 Å². The number of likely N-dealkylation sites (N-methyl/N-ethyl adjacent to an activating group) is 1. The van der Waals surface area contributed by atoms with Gasteiger partial charge in [-0.05, 0) is 44.1 Å². The fourth-order valence-corrected chi connectivity index (χ4v) is 9.32. The van der Waals surface area contributed by atoms with Crippen molar-refractivity contribution in [1.82, 2.24) is 4.90 Å². The molecule has 3 aliphatic heterocycles. The summed E-state index contributed by atoms with van der Waals surface area (Å²) < 4.78 is 6.51. The Morgan fingerprint density at radius 2 is 1.72 bits per heavy atom. The molecule has 2 amide bonds. The minimum atomic E-state index is -1.62. The molecule has 1 spiro atoms. The minimum Gasteiger partial charge on any atom is -0.365 e. The van der Waals surface area contributed by atoms with Gasteiger partial charge in [0.25, 0.3) is 0 Å². The van der Waals surface area contributed by atoms with Gasteiger partial charge in [-0.15, -0.1) is 0 Å². The van der Waals surface area contributed by atoms with E-state index in [-0.39, 0.29) is 29.4 Å². The summed E-state index contributed by atoms with van der Waals surface area (Å²) in [5.41, 5.74) is -0.213. The van der Waals surface area contributed by atoms with E-state index in [1.165, 1.54) is 11.9 Å². The van der Waals surface area contributed by atoms with Crippen LogP contribution in [0.15, 0.2) is 42.0 Å². The Morgan fingerprint density at radius 1 is 1.06 bits per heavy atom. The number of amides is 2. The lowest BCUT2D eigenvalue weighted by molar-refractivity contribution is -0.256. The van der Waals surface area contributed by atoms with Gasteiger partial charge in [0.05, 0.1) is 17.4 Å². The van der Waals surface area contributed by atoms with Gasteiger partial charge in [-0.2, -0.15) is 0 Å². The van der Waals surface area contributed by atoms with E-state index >= 15 is 0 Å². The Bertz CT molecular complexity index is 1190. The molecule has 0 radical (unpaired) electrons. The average molecular weight is 492 g/mol. The number of likely N-dealkylation sites (tertiary alicyclic amines) is 1. The van der Waals surface area contributed by atoms with Crippen LogP contribution in [0.5, 0.6) is 0 Å². The Hall–Kier alpha value is -2.31. The maximum absolute atomic E-state index is 14.9. The molecule has 2 bridgehead atoms. The van der Waals surface area contributed by atoms with Crippen LogP contribution in [0.1, 0.15) is 58.9 Å². The molecule has 1 N–H and O–H groups in total. The van der Waals surface area contributed by atoms with Crippen LogP contribution in [0.25, 0.3) is 0 Å². The standard InChI is InChI=1S/C30H37NO5/c1-15-12-17(3)30(35)24-23(28(5,14-15)36-30)20-13-16(2)18(4)22-21(19-10-8-7-9-11-19)26(33)31(6)27(34)29(20,22)25(24)32/h7-11,13,15,17-18,20-24,35H,12,14H2,1-6H3/t15-,17+,18-,20-,21+,22+,23-,24-,28+,29+,30-/m1/s1. The average Bonchev–Trinajstić information content (AvgIpc) is 3.19. The third-order valence-electron chi connectivity index (χ3n) is 10.7. The van der Waals surface area contributed by atoms with Gasteiger partial charge in [-0.25, -0.2) is 0 Å². The summed E-state index contributed by atoms with van der Waals surface area (Å²) in [5.74, 6) is -5.25. The van der Waals surface area contributed by atoms with Crippen LogP contribution in [-0.4, -0.2) is 46.0 Å². The number of Topliss-reactive ketones (excluding diaryl/α,β-unsaturated/α-hetero) is 1. The maximum atomic E-state index is 14.9. The van der Waals surface area contributed by atoms with Gasteiger partial charge in [0, 0.05) is 30.7 Å². The molecule has 2 aliphatic carbocycles. The molecule has 0 aromatic heterocycles. The van der Waals surface area contributed by atoms with E-state index in [1.807, 2.05) is 51.1 Å². The first kappa shape index (κ1) is 24.1. The van der Waals surface area contributed by atoms with Crippen molar-refractivity contribution in [3.05, 3.63) is 47.5 Å². The smallest absolute Gasteiger partial charge is 0.243 e. The van der Waals surface area contributed by atoms with Crippen molar-refractivity contribution in [2.24, 2.45) is 46.8 Å². The van der Waals surface area contributed by atoms with Gasteiger partial charge in [-0.1, -0.05) is 62.8 Å². The molecule has 6 heteroatoms. The molecule has 6 rings (SSSR count). The molecule has 5 aliphatic rings. The molecule has 192 valence electrons. The zero-order valence-electron chi connectivity index (χ0n) is 22.0. The van der Waals surface area contributed by atoms with Gasteiger partial charge in [0.15, 0.2) is 11.6 Å². The number of carbonyl (C=O) groups excluding carboxylic acids is 3. The number of hydrogen-bond donors (Lipinski definition) is 1. The number of hydrogen-bond acceptors (Lipinski definition) is 5. The van der Waals surface area contributed by atoms with Gasteiger partial charge in [0.1, 0.15) is 5.41 Å². The number of ketones is 1. The highest BCUT2D eigenvalue weighted by Crippen LogP contribution is 2.72. The van der Waals surface area contributed by atoms with Crippen molar-refractivity contribution in [3.8, 4) is 0 Å². The van der Waals surface area contributed by atoms with Gasteiger partial charge in [-0.3, -0.25) is 19.3 Å². The molecule has 1 aromatic rings. The van der Waals surface area contributed by atoms with Crippen LogP contribution >= 0.6 is 0 Å². The van der Waals surface area contributed by atoms with E-state index in [0.29, 0.717) is 5.92 Å². The van der Waals surface area contributed by atoms with Crippen LogP contribution in [0, 0.1) is 46.8 Å². The van der Waals surface area contributed by atoms with Crippen LogP contribution in [0.3, 0.4) is 0 Å². The number of rotatable bonds is 1. The quantitative estimate of drug-likeness (QED) is 0.365. The molecule has 1 aromatic carbocycles. The zero-order valence-corrected chi connectivity index (χ0v) is 22.0. The fourth-order valence-electron chi connectivity index (χ4n) is 9.32. The maximum Gasteiger partial charge on any atom is 0.243 e. The fraction of sp³-hybridized carbons (Fsp3) is 0.633. The third-order valence-corrected chi connectivity index (χ3v) is 10.7. The summed E-state index contributed by atoms with van der Waals surface area (Å²) in [6, 6.07) is 9.57. The highest BCUT2D eigenvalue weighted by molar-refractivity contribution is 6.17. The number of ether oxygens (including phenoxy) is 1. The molecule has 3 heterocycles. The lowest BCUT2D eigenvalue weighted by Crippen LogP contribution is -2.66. The van der Waals surface area contributed by atoms with E-state index in [1.54, 1.807) is 0 Å². The van der Waals surface area contributed by atoms with Crippen LogP contribution in [0.2, 0.25) is 0 Å². The zero-order chi connectivity index (χ0) is 25.9. The number of aliphatic hydroxyl groups is 1. The van der Waals surface area contributed by atoms with Crippen molar-refractivity contribution >= 4 is 17.6 Å². The first-order valence-electron chi connectivity index (χ1n) is 13.4. The summed E-state index contributed by atoms with van der Waals surface area (Å²) in [6.07, 6.45) is 3.60. The molecule has 0 unspecified atom stereocenters. The SMILES string of the molecule is CC1=C[C@@H]2[C@@H]3[C@H](C(=O)[C@]24C(=O)N(C)C(=O)[C@@H](c2ccccc2)[C@@H]4[C@@H]1C)[C@]1(O)O[C@@]3(C)C[C@H](C)C[C@@H]1C. The predicted molar refractivity (Wildman–Crippen MR) is 133 cm³/mol. The van der Waals surface area contributed by atoms with E-state index in [0.717, 1.165) is 24.0 Å². The second-order valence-corrected chi connectivity index (χ2v) is 12.7. The first-order valence-corrected chi connectivity index (χ1v) is 13.4. The highest BCUT2D eigenvalue weighted by atomic mass is 16.6. The third kappa shape index (κ3) is 2.62. The molecule has 36 heavy (non-hydrogen) atoms. The van der Waals surface area contributed by atoms with Crippen molar-refractivity contribution < 1.29 is 24.2 Å². The number of allylic oxidation sites excluding steroid dienone is 2. The molecular formula is C30H37NO5. The molecule has 1 saturated carbocycles. The Morgan fingerprint density at radius 3 is 2.39 bits per heavy atom. The largest absolute Gasteiger partial charge is 0.365 e. The van der Waals surface area contributed by atoms with E-state index in [2.05, 4.69) is 19.9 Å². The number of imide groups is 1. The van der Waals surface area contributed by atoms with E-state index in [9.17, 15) is 19.5 Å². The summed E-state index contributed by atoms with van der Waals surface area (Å²) in [4.78, 5) is 44.2. The number of benzene rings is 1. The highest BCUT2D eigenvalue weighted by Gasteiger charge is 2.81. The van der Waals surface area contributed by atoms with Crippen LogP contribution in [0.4, 0.5) is 0 Å². The second-order valence-electron chi connectivity index (χ2n) is 12.7. The van der Waals surface area contributed by atoms with Gasteiger partial charge < -0.3 is 9.84 Å². The van der Waals surface area contributed by atoms with Crippen molar-refractivity contribution in [1.29, 1.82) is 0 Å². The number of fused-ring (bicyclic) bond motifs is 6. The summed E-state index contributed by atoms with van der Waals surface area (Å²) in [5, 5.41) is 12.1. The van der Waals surface area contributed by atoms with Gasteiger partial charge >= 0.3 is 0 Å². The summed E-state index contributed by atoms with van der Waals surface area (Å²) in [7, 11) is 1.52. The topological polar surface area (TPSA) is 83.9 Å². The number of carbonyl (C=O) groups is 3. The van der Waals surface area contributed by atoms with Crippen molar-refractivity contribution in [2.45, 2.75) is 64.8 Å². The van der Waals surface area contributed by atoms with E-state index in [4.69, 9.17) is 4.74 Å². The molecule has 3 saturated heterocycles. The summed E-state index contributed by atoms with van der Waals surface area (Å²) >= 11 is 0. The molecule has 4 fully saturated rings. The number of nitrogens with zero attached hydrogens (tertiary/aromatic N) is 1. The Kier molecular flexibility index (Phi) is 4.93. The monoisotopic (exact) mass is 491 g/mol. The minimum absolute atomic E-state index is 0.141. The molecule has 6 nitrogen and oxygen atoms in total. The Balaban J connectivity index is 1.63. The molecule has 11 atom stereocenters. The van der Waals surface area contributed by atoms with Crippen molar-refractivity contribution in [2.75, 3.05) is 7.05 Å². The van der Waals surface area contributed by atoms with Crippen molar-refractivity contribution in [3.63, 3.8) is 0 Å². The lowest BCUT2D eigenvalue weighted by Gasteiger charge is -2.55. The van der Waals surface area contributed by atoms with Crippen LogP contribution in [-0.2, 0) is 19.1 Å². The van der Waals surface area contributed by atoms with Crippen LogP contribution < -0.4 is 0 Å². The first-order chi connectivity index (χ1) is 16.9. The van der Waals surface area contributed by atoms with E-state index < -0.39 is 46.4 Å². The molecular weight excluding hydrogens is 454 g/mol. The number of piperidine rings is 1. The normalized spacial score (nSPS) is 49.8. The predicted octanol–water partition coefficient (Wildman–Crippen LogP) is 3.94. The Labute approximate surface area is 213 Å². The lowest BCUT2D eigenvalue weighted by atomic mass is 9.50.